The van der Waals surface area contributed by atoms with Gasteiger partial charge < -0.3 is 15.5 Å². The van der Waals surface area contributed by atoms with Gasteiger partial charge in [0.25, 0.3) is 5.91 Å². The number of aromatic nitrogens is 2. The van der Waals surface area contributed by atoms with Crippen LogP contribution in [0.15, 0.2) is 41.1 Å². The molecule has 1 heterocycles. The van der Waals surface area contributed by atoms with E-state index in [1.54, 1.807) is 0 Å². The molecule has 0 atom stereocenters. The van der Waals surface area contributed by atoms with E-state index in [-0.39, 0.29) is 5.91 Å². The van der Waals surface area contributed by atoms with Crippen molar-refractivity contribution < 1.29 is 4.79 Å². The van der Waals surface area contributed by atoms with Crippen molar-refractivity contribution in [1.82, 2.24) is 20.2 Å². The molecule has 1 amide bonds. The van der Waals surface area contributed by atoms with Crippen LogP contribution in [0.3, 0.4) is 0 Å². The lowest BCUT2D eigenvalue weighted by atomic mass is 10.3. The number of amides is 1. The van der Waals surface area contributed by atoms with Crippen LogP contribution in [0.25, 0.3) is 0 Å². The topological polar surface area (TPSA) is 70.2 Å². The van der Waals surface area contributed by atoms with Crippen molar-refractivity contribution in [3.05, 3.63) is 46.7 Å². The van der Waals surface area contributed by atoms with Crippen LogP contribution in [0.1, 0.15) is 16.8 Å². The molecule has 1 aromatic heterocycles. The van der Waals surface area contributed by atoms with Gasteiger partial charge in [0.05, 0.1) is 5.56 Å². The molecule has 1 aromatic carbocycles. The van der Waals surface area contributed by atoms with Crippen molar-refractivity contribution in [3.63, 3.8) is 0 Å². The number of benzene rings is 1. The number of anilines is 2. The maximum absolute atomic E-state index is 12.0. The maximum atomic E-state index is 12.0. The fourth-order valence-corrected chi connectivity index (χ4v) is 2.30. The zero-order chi connectivity index (χ0) is 16.7. The molecule has 0 aliphatic carbocycles. The SMILES string of the molecule is CN(C)CCCNC(=O)c1cnc(Nc2cccc(Br)c2)nc1. The summed E-state index contributed by atoms with van der Waals surface area (Å²) in [5, 5.41) is 5.94. The second kappa shape index (κ2) is 8.59. The summed E-state index contributed by atoms with van der Waals surface area (Å²) in [6.07, 6.45) is 3.95. The van der Waals surface area contributed by atoms with Gasteiger partial charge in [0.2, 0.25) is 5.95 Å². The van der Waals surface area contributed by atoms with E-state index in [0.717, 1.165) is 23.1 Å². The van der Waals surface area contributed by atoms with E-state index < -0.39 is 0 Å². The van der Waals surface area contributed by atoms with Gasteiger partial charge in [0.15, 0.2) is 0 Å². The molecule has 0 aliphatic rings. The average molecular weight is 378 g/mol. The number of nitrogens with zero attached hydrogens (tertiary/aromatic N) is 3. The molecule has 0 aliphatic heterocycles. The summed E-state index contributed by atoms with van der Waals surface area (Å²) in [5.41, 5.74) is 1.33. The van der Waals surface area contributed by atoms with Gasteiger partial charge in [-0.25, -0.2) is 9.97 Å². The van der Waals surface area contributed by atoms with Gasteiger partial charge in [-0.05, 0) is 45.3 Å². The normalized spacial score (nSPS) is 10.6. The van der Waals surface area contributed by atoms with Crippen molar-refractivity contribution in [2.24, 2.45) is 0 Å². The Labute approximate surface area is 144 Å². The lowest BCUT2D eigenvalue weighted by molar-refractivity contribution is 0.0951. The summed E-state index contributed by atoms with van der Waals surface area (Å²) >= 11 is 3.41. The van der Waals surface area contributed by atoms with Crippen LogP contribution < -0.4 is 10.6 Å². The van der Waals surface area contributed by atoms with E-state index in [1.807, 2.05) is 38.4 Å². The van der Waals surface area contributed by atoms with E-state index in [0.29, 0.717) is 18.1 Å². The van der Waals surface area contributed by atoms with E-state index in [2.05, 4.69) is 41.4 Å². The minimum atomic E-state index is -0.155. The lowest BCUT2D eigenvalue weighted by Crippen LogP contribution is -2.27. The third-order valence-corrected chi connectivity index (χ3v) is 3.56. The van der Waals surface area contributed by atoms with Crippen molar-refractivity contribution in [2.45, 2.75) is 6.42 Å². The van der Waals surface area contributed by atoms with Crippen molar-refractivity contribution in [3.8, 4) is 0 Å². The van der Waals surface area contributed by atoms with Gasteiger partial charge in [-0.2, -0.15) is 0 Å². The van der Waals surface area contributed by atoms with Gasteiger partial charge in [-0.1, -0.05) is 22.0 Å². The predicted octanol–water partition coefficient (Wildman–Crippen LogP) is 2.66. The molecule has 6 nitrogen and oxygen atoms in total. The van der Waals surface area contributed by atoms with Gasteiger partial charge in [-0.3, -0.25) is 4.79 Å². The monoisotopic (exact) mass is 377 g/mol. The molecule has 23 heavy (non-hydrogen) atoms. The highest BCUT2D eigenvalue weighted by atomic mass is 79.9. The zero-order valence-electron chi connectivity index (χ0n) is 13.2. The number of carbonyl (C=O) groups excluding carboxylic acids is 1. The van der Waals surface area contributed by atoms with Gasteiger partial charge in [0, 0.05) is 29.1 Å². The highest BCUT2D eigenvalue weighted by molar-refractivity contribution is 9.10. The standard InChI is InChI=1S/C16H20BrN5O/c1-22(2)8-4-7-18-15(23)12-10-19-16(20-11-12)21-14-6-3-5-13(17)9-14/h3,5-6,9-11H,4,7-8H2,1-2H3,(H,18,23)(H,19,20,21). The average Bonchev–Trinajstić information content (AvgIpc) is 2.52. The van der Waals surface area contributed by atoms with Crippen LogP contribution in [0, 0.1) is 0 Å². The molecule has 2 rings (SSSR count). The summed E-state index contributed by atoms with van der Waals surface area (Å²) in [5.74, 6) is 0.296. The number of nitrogens with one attached hydrogen (secondary N) is 2. The molecule has 0 fully saturated rings. The number of hydrogen-bond acceptors (Lipinski definition) is 5. The first-order chi connectivity index (χ1) is 11.0. The summed E-state index contributed by atoms with van der Waals surface area (Å²) in [7, 11) is 4.01. The molecule has 0 spiro atoms. The van der Waals surface area contributed by atoms with Crippen LogP contribution in [0.4, 0.5) is 11.6 Å². The minimum Gasteiger partial charge on any atom is -0.352 e. The number of carbonyl (C=O) groups is 1. The molecular weight excluding hydrogens is 358 g/mol. The fourth-order valence-electron chi connectivity index (χ4n) is 1.90. The highest BCUT2D eigenvalue weighted by Crippen LogP contribution is 2.18. The fraction of sp³-hybridized carbons (Fsp3) is 0.312. The molecule has 0 saturated heterocycles. The maximum Gasteiger partial charge on any atom is 0.254 e. The van der Waals surface area contributed by atoms with Crippen LogP contribution in [-0.4, -0.2) is 48.0 Å². The third-order valence-electron chi connectivity index (χ3n) is 3.06. The Bertz CT molecular complexity index is 645. The molecule has 0 bridgehead atoms. The molecular formula is C16H20BrN5O. The molecule has 0 saturated carbocycles. The lowest BCUT2D eigenvalue weighted by Gasteiger charge is -2.10. The van der Waals surface area contributed by atoms with Gasteiger partial charge in [0.1, 0.15) is 0 Å². The quantitative estimate of drug-likeness (QED) is 0.725. The Kier molecular flexibility index (Phi) is 6.49. The van der Waals surface area contributed by atoms with Gasteiger partial charge >= 0.3 is 0 Å². The smallest absolute Gasteiger partial charge is 0.254 e. The molecule has 2 aromatic rings. The van der Waals surface area contributed by atoms with E-state index >= 15 is 0 Å². The molecule has 2 N–H and O–H groups in total. The highest BCUT2D eigenvalue weighted by Gasteiger charge is 2.07. The van der Waals surface area contributed by atoms with Crippen LogP contribution in [0.5, 0.6) is 0 Å². The van der Waals surface area contributed by atoms with Crippen molar-refractivity contribution in [2.75, 3.05) is 32.5 Å². The largest absolute Gasteiger partial charge is 0.352 e. The Balaban J connectivity index is 1.87. The van der Waals surface area contributed by atoms with Crippen molar-refractivity contribution in [1.29, 1.82) is 0 Å². The first-order valence-corrected chi connectivity index (χ1v) is 8.11. The Morgan fingerprint density at radius 1 is 1.26 bits per heavy atom. The molecule has 7 heteroatoms. The van der Waals surface area contributed by atoms with Crippen LogP contribution >= 0.6 is 15.9 Å². The second-order valence-electron chi connectivity index (χ2n) is 5.34. The third kappa shape index (κ3) is 5.96. The molecule has 0 unspecified atom stereocenters. The summed E-state index contributed by atoms with van der Waals surface area (Å²) < 4.78 is 0.969. The van der Waals surface area contributed by atoms with Crippen LogP contribution in [-0.2, 0) is 0 Å². The first-order valence-electron chi connectivity index (χ1n) is 7.32. The zero-order valence-corrected chi connectivity index (χ0v) is 14.8. The Morgan fingerprint density at radius 2 is 2.00 bits per heavy atom. The molecule has 0 radical (unpaired) electrons. The summed E-state index contributed by atoms with van der Waals surface area (Å²) in [4.78, 5) is 22.4. The summed E-state index contributed by atoms with van der Waals surface area (Å²) in [6, 6.07) is 7.70. The predicted molar refractivity (Wildman–Crippen MR) is 95.0 cm³/mol. The Morgan fingerprint density at radius 3 is 2.65 bits per heavy atom. The number of hydrogen-bond donors (Lipinski definition) is 2. The van der Waals surface area contributed by atoms with Gasteiger partial charge in [-0.15, -0.1) is 0 Å². The number of rotatable bonds is 7. The molecule has 122 valence electrons. The van der Waals surface area contributed by atoms with Crippen LogP contribution in [0.2, 0.25) is 0 Å². The minimum absolute atomic E-state index is 0.155. The van der Waals surface area contributed by atoms with E-state index in [9.17, 15) is 4.79 Å². The van der Waals surface area contributed by atoms with E-state index in [1.165, 1.54) is 12.4 Å². The number of halogens is 1. The first kappa shape index (κ1) is 17.4. The summed E-state index contributed by atoms with van der Waals surface area (Å²) in [6.45, 7) is 1.57. The second-order valence-corrected chi connectivity index (χ2v) is 6.26. The Hall–Kier alpha value is -1.99. The van der Waals surface area contributed by atoms with Crippen molar-refractivity contribution >= 4 is 33.5 Å². The van der Waals surface area contributed by atoms with E-state index in [4.69, 9.17) is 0 Å².